The minimum atomic E-state index is 0.0193. The number of hydrogen-bond acceptors (Lipinski definition) is 5. The zero-order valence-corrected chi connectivity index (χ0v) is 21.6. The molecule has 2 aromatic heterocycles. The van der Waals surface area contributed by atoms with E-state index in [-0.39, 0.29) is 11.6 Å². The maximum absolute atomic E-state index is 13.2. The molecule has 0 bridgehead atoms. The molecule has 7 nitrogen and oxygen atoms in total. The van der Waals surface area contributed by atoms with Crippen molar-refractivity contribution >= 4 is 10.9 Å². The molecule has 3 aromatic rings. The van der Waals surface area contributed by atoms with Gasteiger partial charge in [0, 0.05) is 23.7 Å². The second-order valence-corrected chi connectivity index (χ2v) is 10.8. The van der Waals surface area contributed by atoms with Crippen molar-refractivity contribution in [3.8, 4) is 0 Å². The van der Waals surface area contributed by atoms with Crippen molar-refractivity contribution in [1.29, 1.82) is 0 Å². The summed E-state index contributed by atoms with van der Waals surface area (Å²) in [5, 5.41) is 14.4. The van der Waals surface area contributed by atoms with Crippen molar-refractivity contribution in [3.05, 3.63) is 51.1 Å². The lowest BCUT2D eigenvalue weighted by Crippen LogP contribution is -2.39. The van der Waals surface area contributed by atoms with E-state index in [0.29, 0.717) is 18.6 Å². The number of H-pyrrole nitrogens is 1. The van der Waals surface area contributed by atoms with E-state index in [1.165, 1.54) is 56.1 Å². The summed E-state index contributed by atoms with van der Waals surface area (Å²) < 4.78 is 2.14. The molecule has 35 heavy (non-hydrogen) atoms. The van der Waals surface area contributed by atoms with Gasteiger partial charge in [-0.25, -0.2) is 4.68 Å². The maximum Gasteiger partial charge on any atom is 0.252 e. The Labute approximate surface area is 208 Å². The van der Waals surface area contributed by atoms with Crippen molar-refractivity contribution in [3.63, 3.8) is 0 Å². The van der Waals surface area contributed by atoms with E-state index in [0.717, 1.165) is 48.0 Å². The quantitative estimate of drug-likeness (QED) is 0.436. The number of rotatable bonds is 8. The number of nitrogens with zero attached hydrogens (tertiary/aromatic N) is 5. The molecule has 0 radical (unpaired) electrons. The van der Waals surface area contributed by atoms with Crippen LogP contribution in [0.3, 0.4) is 0 Å². The Morgan fingerprint density at radius 2 is 1.74 bits per heavy atom. The fraction of sp³-hybridized carbons (Fsp3) is 0.643. The van der Waals surface area contributed by atoms with Crippen LogP contribution in [0.4, 0.5) is 0 Å². The van der Waals surface area contributed by atoms with Gasteiger partial charge in [0.1, 0.15) is 0 Å². The highest BCUT2D eigenvalue weighted by atomic mass is 16.1. The van der Waals surface area contributed by atoms with Gasteiger partial charge >= 0.3 is 0 Å². The SMILES string of the molecule is CCC[C@H](c1nnnn1C1CCCCC1)N(Cc1cc2cc(C)c(C)cc2[nH]c1=O)C1CCCC1. The van der Waals surface area contributed by atoms with Crippen LogP contribution >= 0.6 is 0 Å². The predicted molar refractivity (Wildman–Crippen MR) is 139 cm³/mol. The third-order valence-corrected chi connectivity index (χ3v) is 8.38. The molecule has 1 N–H and O–H groups in total. The third kappa shape index (κ3) is 5.06. The average Bonchev–Trinajstić information content (AvgIpc) is 3.56. The highest BCUT2D eigenvalue weighted by Gasteiger charge is 2.34. The molecule has 1 aromatic carbocycles. The second kappa shape index (κ2) is 10.6. The number of pyridine rings is 1. The largest absolute Gasteiger partial charge is 0.322 e. The van der Waals surface area contributed by atoms with E-state index in [9.17, 15) is 4.79 Å². The summed E-state index contributed by atoms with van der Waals surface area (Å²) in [4.78, 5) is 19.0. The smallest absolute Gasteiger partial charge is 0.252 e. The van der Waals surface area contributed by atoms with Crippen LogP contribution in [-0.2, 0) is 6.54 Å². The number of fused-ring (bicyclic) bond motifs is 1. The summed E-state index contributed by atoms with van der Waals surface area (Å²) >= 11 is 0. The fourth-order valence-corrected chi connectivity index (χ4v) is 6.29. The fourth-order valence-electron chi connectivity index (χ4n) is 6.29. The van der Waals surface area contributed by atoms with Gasteiger partial charge in [0.15, 0.2) is 5.82 Å². The Bertz CT molecular complexity index is 1200. The average molecular weight is 477 g/mol. The van der Waals surface area contributed by atoms with E-state index in [2.05, 4.69) is 69.1 Å². The summed E-state index contributed by atoms with van der Waals surface area (Å²) in [5.41, 5.74) is 4.22. The molecule has 2 fully saturated rings. The number of aromatic amines is 1. The number of benzene rings is 1. The van der Waals surface area contributed by atoms with E-state index in [4.69, 9.17) is 0 Å². The van der Waals surface area contributed by atoms with Crippen LogP contribution in [0.25, 0.3) is 10.9 Å². The van der Waals surface area contributed by atoms with Crippen molar-refractivity contribution in [2.75, 3.05) is 0 Å². The van der Waals surface area contributed by atoms with Crippen molar-refractivity contribution in [1.82, 2.24) is 30.1 Å². The van der Waals surface area contributed by atoms with Gasteiger partial charge in [-0.3, -0.25) is 9.69 Å². The molecular formula is C28H40N6O. The number of nitrogens with one attached hydrogen (secondary N) is 1. The molecule has 5 rings (SSSR count). The monoisotopic (exact) mass is 476 g/mol. The van der Waals surface area contributed by atoms with Gasteiger partial charge in [0.2, 0.25) is 0 Å². The zero-order chi connectivity index (χ0) is 24.4. The van der Waals surface area contributed by atoms with Crippen molar-refractivity contribution in [2.45, 2.75) is 116 Å². The van der Waals surface area contributed by atoms with Crippen LogP contribution < -0.4 is 5.56 Å². The first kappa shape index (κ1) is 24.2. The van der Waals surface area contributed by atoms with E-state index >= 15 is 0 Å². The first-order valence-electron chi connectivity index (χ1n) is 13.7. The minimum Gasteiger partial charge on any atom is -0.322 e. The molecule has 2 aliphatic rings. The van der Waals surface area contributed by atoms with Crippen LogP contribution in [0.2, 0.25) is 0 Å². The number of aromatic nitrogens is 5. The molecule has 0 saturated heterocycles. The normalized spacial score (nSPS) is 18.6. The van der Waals surface area contributed by atoms with Gasteiger partial charge in [-0.1, -0.05) is 45.4 Å². The second-order valence-electron chi connectivity index (χ2n) is 10.8. The number of aryl methyl sites for hydroxylation is 2. The van der Waals surface area contributed by atoms with Gasteiger partial charge in [-0.05, 0) is 91.1 Å². The predicted octanol–water partition coefficient (Wildman–Crippen LogP) is 5.92. The molecule has 2 saturated carbocycles. The maximum atomic E-state index is 13.2. The standard InChI is InChI=1S/C28H40N6O/c1-4-10-26(27-30-31-32-34(27)24-13-6-5-7-14-24)33(23-11-8-9-12-23)18-22-17-21-15-19(2)20(3)16-25(21)29-28(22)35/h15-17,23-24,26H,4-14,18H2,1-3H3,(H,29,35)/t26-/m1/s1. The van der Waals surface area contributed by atoms with Gasteiger partial charge < -0.3 is 4.98 Å². The molecule has 0 amide bonds. The summed E-state index contributed by atoms with van der Waals surface area (Å²) in [6.07, 6.45) is 13.0. The van der Waals surface area contributed by atoms with Crippen LogP contribution in [0, 0.1) is 13.8 Å². The Kier molecular flexibility index (Phi) is 7.32. The van der Waals surface area contributed by atoms with Gasteiger partial charge in [0.05, 0.1) is 12.1 Å². The lowest BCUT2D eigenvalue weighted by atomic mass is 9.95. The molecule has 0 unspecified atom stereocenters. The van der Waals surface area contributed by atoms with Gasteiger partial charge in [-0.2, -0.15) is 0 Å². The number of hydrogen-bond donors (Lipinski definition) is 1. The molecule has 0 spiro atoms. The summed E-state index contributed by atoms with van der Waals surface area (Å²) in [6.45, 7) is 7.09. The van der Waals surface area contributed by atoms with E-state index < -0.39 is 0 Å². The van der Waals surface area contributed by atoms with Crippen molar-refractivity contribution < 1.29 is 0 Å². The molecule has 7 heteroatoms. The molecule has 1 atom stereocenters. The summed E-state index contributed by atoms with van der Waals surface area (Å²) in [5.74, 6) is 0.995. The van der Waals surface area contributed by atoms with Gasteiger partial charge in [0.25, 0.3) is 5.56 Å². The minimum absolute atomic E-state index is 0.0193. The van der Waals surface area contributed by atoms with Crippen molar-refractivity contribution in [2.24, 2.45) is 0 Å². The Balaban J connectivity index is 1.53. The molecule has 0 aliphatic heterocycles. The van der Waals surface area contributed by atoms with Crippen LogP contribution in [0.15, 0.2) is 23.0 Å². The third-order valence-electron chi connectivity index (χ3n) is 8.38. The first-order valence-corrected chi connectivity index (χ1v) is 13.7. The molecule has 2 heterocycles. The topological polar surface area (TPSA) is 79.7 Å². The Morgan fingerprint density at radius 3 is 2.49 bits per heavy atom. The lowest BCUT2D eigenvalue weighted by molar-refractivity contribution is 0.105. The first-order chi connectivity index (χ1) is 17.0. The molecular weight excluding hydrogens is 436 g/mol. The summed E-state index contributed by atoms with van der Waals surface area (Å²) in [7, 11) is 0. The molecule has 2 aliphatic carbocycles. The van der Waals surface area contributed by atoms with Crippen LogP contribution in [0.1, 0.15) is 112 Å². The zero-order valence-electron chi connectivity index (χ0n) is 21.6. The van der Waals surface area contributed by atoms with E-state index in [1.807, 2.05) is 0 Å². The van der Waals surface area contributed by atoms with Gasteiger partial charge in [-0.15, -0.1) is 5.10 Å². The summed E-state index contributed by atoms with van der Waals surface area (Å²) in [6, 6.07) is 7.36. The lowest BCUT2D eigenvalue weighted by Gasteiger charge is -2.36. The van der Waals surface area contributed by atoms with Crippen LogP contribution in [-0.4, -0.2) is 36.1 Å². The Morgan fingerprint density at radius 1 is 1.03 bits per heavy atom. The number of tetrazole rings is 1. The highest BCUT2D eigenvalue weighted by molar-refractivity contribution is 5.80. The molecule has 188 valence electrons. The Hall–Kier alpha value is -2.54. The van der Waals surface area contributed by atoms with E-state index in [1.54, 1.807) is 0 Å². The van der Waals surface area contributed by atoms with Crippen LogP contribution in [0.5, 0.6) is 0 Å². The highest BCUT2D eigenvalue weighted by Crippen LogP contribution is 2.37.